The summed E-state index contributed by atoms with van der Waals surface area (Å²) in [5, 5.41) is 7.88. The maximum atomic E-state index is 10.3. The van der Waals surface area contributed by atoms with Crippen LogP contribution >= 0.6 is 0 Å². The summed E-state index contributed by atoms with van der Waals surface area (Å²) in [7, 11) is 0. The molecule has 0 aliphatic heterocycles. The first kappa shape index (κ1) is 10.8. The first-order chi connectivity index (χ1) is 5.70. The Labute approximate surface area is 71.4 Å². The van der Waals surface area contributed by atoms with Crippen molar-refractivity contribution in [1.82, 2.24) is 0 Å². The van der Waals surface area contributed by atoms with Gasteiger partial charge in [-0.05, 0) is 30.7 Å². The first-order valence-corrected chi connectivity index (χ1v) is 3.75. The highest BCUT2D eigenvalue weighted by Crippen LogP contribution is 1.90. The molecule has 0 heterocycles. The molecule has 1 N–H and O–H groups in total. The number of hydrogen-bond acceptors (Lipinski definition) is 3. The highest BCUT2D eigenvalue weighted by atomic mass is 16.2. The van der Waals surface area contributed by atoms with Gasteiger partial charge in [-0.15, -0.1) is 0 Å². The standard InChI is InChI=1S/C6H4O2.C3H8O/c7-5-1-2-6(8)4-3-5;1-2-3-4/h1-4H;4H,2-3H2,1H3. The molecule has 66 valence electrons. The highest BCUT2D eigenvalue weighted by Gasteiger charge is 1.97. The third-order valence-corrected chi connectivity index (χ3v) is 1.05. The number of aliphatic hydroxyl groups excluding tert-OH is 1. The Morgan fingerprint density at radius 1 is 1.08 bits per heavy atom. The third-order valence-electron chi connectivity index (χ3n) is 1.05. The second-order valence-corrected chi connectivity index (χ2v) is 2.20. The van der Waals surface area contributed by atoms with Gasteiger partial charge in [-0.2, -0.15) is 0 Å². The lowest BCUT2D eigenvalue weighted by atomic mass is 10.2. The Kier molecular flexibility index (Phi) is 5.83. The van der Waals surface area contributed by atoms with Crippen LogP contribution in [-0.2, 0) is 9.59 Å². The second-order valence-electron chi connectivity index (χ2n) is 2.20. The van der Waals surface area contributed by atoms with Gasteiger partial charge in [-0.1, -0.05) is 6.92 Å². The minimum atomic E-state index is -0.121. The van der Waals surface area contributed by atoms with Crippen LogP contribution in [0, 0.1) is 0 Å². The average Bonchev–Trinajstić information content (AvgIpc) is 2.11. The van der Waals surface area contributed by atoms with Crippen LogP contribution in [0.25, 0.3) is 0 Å². The molecule has 0 spiro atoms. The maximum Gasteiger partial charge on any atom is 0.178 e. The van der Waals surface area contributed by atoms with Crippen molar-refractivity contribution in [3.05, 3.63) is 24.3 Å². The number of aliphatic hydroxyl groups is 1. The van der Waals surface area contributed by atoms with E-state index < -0.39 is 0 Å². The predicted octanol–water partition coefficient (Wildman–Crippen LogP) is 0.639. The van der Waals surface area contributed by atoms with Crippen LogP contribution < -0.4 is 0 Å². The van der Waals surface area contributed by atoms with Gasteiger partial charge in [-0.3, -0.25) is 9.59 Å². The molecule has 0 radical (unpaired) electrons. The largest absolute Gasteiger partial charge is 0.396 e. The van der Waals surface area contributed by atoms with Crippen molar-refractivity contribution >= 4 is 11.6 Å². The molecule has 0 amide bonds. The summed E-state index contributed by atoms with van der Waals surface area (Å²) >= 11 is 0. The van der Waals surface area contributed by atoms with E-state index in [9.17, 15) is 9.59 Å². The molecule has 0 aromatic carbocycles. The molecule has 0 bridgehead atoms. The predicted molar refractivity (Wildman–Crippen MR) is 45.7 cm³/mol. The van der Waals surface area contributed by atoms with Crippen LogP contribution in [0.1, 0.15) is 13.3 Å². The summed E-state index contributed by atoms with van der Waals surface area (Å²) in [6.45, 7) is 2.25. The molecule has 0 saturated heterocycles. The van der Waals surface area contributed by atoms with Crippen molar-refractivity contribution in [1.29, 1.82) is 0 Å². The molecule has 0 aromatic rings. The average molecular weight is 168 g/mol. The van der Waals surface area contributed by atoms with Gasteiger partial charge < -0.3 is 5.11 Å². The van der Waals surface area contributed by atoms with Gasteiger partial charge in [-0.25, -0.2) is 0 Å². The minimum absolute atomic E-state index is 0.121. The first-order valence-electron chi connectivity index (χ1n) is 3.75. The summed E-state index contributed by atoms with van der Waals surface area (Å²) < 4.78 is 0. The number of carbonyl (C=O) groups is 2. The molecule has 3 heteroatoms. The summed E-state index contributed by atoms with van der Waals surface area (Å²) in [5.74, 6) is -0.241. The van der Waals surface area contributed by atoms with Crippen molar-refractivity contribution in [2.45, 2.75) is 13.3 Å². The number of ketones is 2. The lowest BCUT2D eigenvalue weighted by molar-refractivity contribution is -0.113. The van der Waals surface area contributed by atoms with E-state index in [1.54, 1.807) is 0 Å². The van der Waals surface area contributed by atoms with E-state index in [2.05, 4.69) is 0 Å². The van der Waals surface area contributed by atoms with Gasteiger partial charge in [0.05, 0.1) is 0 Å². The van der Waals surface area contributed by atoms with Crippen LogP contribution in [0.4, 0.5) is 0 Å². The molecule has 3 nitrogen and oxygen atoms in total. The second kappa shape index (κ2) is 6.49. The van der Waals surface area contributed by atoms with Gasteiger partial charge in [0.2, 0.25) is 0 Å². The maximum absolute atomic E-state index is 10.3. The lowest BCUT2D eigenvalue weighted by Gasteiger charge is -1.87. The smallest absolute Gasteiger partial charge is 0.178 e. The van der Waals surface area contributed by atoms with Crippen LogP contribution in [-0.4, -0.2) is 23.3 Å². The van der Waals surface area contributed by atoms with E-state index in [1.807, 2.05) is 6.92 Å². The van der Waals surface area contributed by atoms with Crippen molar-refractivity contribution in [2.75, 3.05) is 6.61 Å². The van der Waals surface area contributed by atoms with E-state index in [0.717, 1.165) is 6.42 Å². The van der Waals surface area contributed by atoms with Crippen molar-refractivity contribution in [3.63, 3.8) is 0 Å². The van der Waals surface area contributed by atoms with Crippen LogP contribution in [0.15, 0.2) is 24.3 Å². The lowest BCUT2D eigenvalue weighted by Crippen LogP contribution is -1.97. The molecule has 1 rings (SSSR count). The van der Waals surface area contributed by atoms with Crippen LogP contribution in [0.5, 0.6) is 0 Å². The Morgan fingerprint density at radius 3 is 1.50 bits per heavy atom. The van der Waals surface area contributed by atoms with E-state index >= 15 is 0 Å². The number of carbonyl (C=O) groups excluding carboxylic acids is 2. The minimum Gasteiger partial charge on any atom is -0.396 e. The number of rotatable bonds is 1. The molecule has 1 aliphatic carbocycles. The topological polar surface area (TPSA) is 54.4 Å². The molecule has 0 fully saturated rings. The van der Waals surface area contributed by atoms with E-state index in [-0.39, 0.29) is 11.6 Å². The molecular formula is C9H12O3. The fraction of sp³-hybridized carbons (Fsp3) is 0.333. The molecular weight excluding hydrogens is 156 g/mol. The SMILES string of the molecule is CCCO.O=C1C=CC(=O)C=C1. The molecule has 0 atom stereocenters. The Hall–Kier alpha value is -1.22. The zero-order valence-corrected chi connectivity index (χ0v) is 6.99. The number of allylic oxidation sites excluding steroid dienone is 4. The Balaban J connectivity index is 0.000000261. The normalized spacial score (nSPS) is 14.2. The Bertz CT molecular complexity index is 174. The van der Waals surface area contributed by atoms with Crippen LogP contribution in [0.3, 0.4) is 0 Å². The molecule has 0 aromatic heterocycles. The van der Waals surface area contributed by atoms with E-state index in [4.69, 9.17) is 5.11 Å². The van der Waals surface area contributed by atoms with Crippen LogP contribution in [0.2, 0.25) is 0 Å². The monoisotopic (exact) mass is 168 g/mol. The van der Waals surface area contributed by atoms with Gasteiger partial charge in [0.1, 0.15) is 0 Å². The molecule has 0 saturated carbocycles. The fourth-order valence-corrected chi connectivity index (χ4v) is 0.440. The summed E-state index contributed by atoms with van der Waals surface area (Å²) in [5.41, 5.74) is 0. The Morgan fingerprint density at radius 2 is 1.33 bits per heavy atom. The highest BCUT2D eigenvalue weighted by molar-refractivity contribution is 6.14. The van der Waals surface area contributed by atoms with Gasteiger partial charge >= 0.3 is 0 Å². The third kappa shape index (κ3) is 5.56. The molecule has 12 heavy (non-hydrogen) atoms. The molecule has 0 unspecified atom stereocenters. The van der Waals surface area contributed by atoms with Gasteiger partial charge in [0.15, 0.2) is 11.6 Å². The van der Waals surface area contributed by atoms with Gasteiger partial charge in [0.25, 0.3) is 0 Å². The van der Waals surface area contributed by atoms with E-state index in [1.165, 1.54) is 24.3 Å². The molecule has 1 aliphatic rings. The summed E-state index contributed by atoms with van der Waals surface area (Å²) in [6, 6.07) is 0. The summed E-state index contributed by atoms with van der Waals surface area (Å²) in [4.78, 5) is 20.6. The number of hydrogen-bond donors (Lipinski definition) is 1. The zero-order chi connectivity index (χ0) is 9.40. The quantitative estimate of drug-likeness (QED) is 0.584. The fourth-order valence-electron chi connectivity index (χ4n) is 0.440. The zero-order valence-electron chi connectivity index (χ0n) is 6.99. The van der Waals surface area contributed by atoms with Gasteiger partial charge in [0, 0.05) is 6.61 Å². The summed E-state index contributed by atoms with van der Waals surface area (Å²) in [6.07, 6.45) is 5.88. The van der Waals surface area contributed by atoms with E-state index in [0.29, 0.717) is 6.61 Å². The van der Waals surface area contributed by atoms with Crippen molar-refractivity contribution in [2.24, 2.45) is 0 Å². The van der Waals surface area contributed by atoms with Crippen molar-refractivity contribution in [3.8, 4) is 0 Å². The van der Waals surface area contributed by atoms with Crippen molar-refractivity contribution < 1.29 is 14.7 Å².